The number of aliphatic hydroxyl groups excluding tert-OH is 1. The highest BCUT2D eigenvalue weighted by atomic mass is 16.5. The van der Waals surface area contributed by atoms with Gasteiger partial charge in [-0.3, -0.25) is 19.5 Å². The Balaban J connectivity index is 1.94. The molecule has 6 heteroatoms. The van der Waals surface area contributed by atoms with E-state index >= 15 is 0 Å². The number of hydrogen-bond acceptors (Lipinski definition) is 5. The molecule has 1 aromatic heterocycles. The number of aromatic nitrogens is 1. The highest BCUT2D eigenvalue weighted by Crippen LogP contribution is 2.42. The van der Waals surface area contributed by atoms with Crippen LogP contribution in [-0.4, -0.2) is 28.9 Å². The lowest BCUT2D eigenvalue weighted by Crippen LogP contribution is -2.29. The SMILES string of the molecule is COc1ccc(/C(O)=C2/C(=O)C(=O)N(c3cccc(C)c3)C2c2ccccn2)cc1C(C)C. The molecule has 0 aliphatic carbocycles. The maximum atomic E-state index is 13.3. The van der Waals surface area contributed by atoms with E-state index in [2.05, 4.69) is 4.98 Å². The summed E-state index contributed by atoms with van der Waals surface area (Å²) in [6.07, 6.45) is 1.61. The van der Waals surface area contributed by atoms with Crippen LogP contribution in [0.2, 0.25) is 0 Å². The van der Waals surface area contributed by atoms with Crippen molar-refractivity contribution in [3.8, 4) is 5.75 Å². The van der Waals surface area contributed by atoms with E-state index in [1.165, 1.54) is 4.90 Å². The molecule has 33 heavy (non-hydrogen) atoms. The van der Waals surface area contributed by atoms with Crippen LogP contribution in [0, 0.1) is 6.92 Å². The van der Waals surface area contributed by atoms with Gasteiger partial charge in [-0.2, -0.15) is 0 Å². The largest absolute Gasteiger partial charge is 0.507 e. The lowest BCUT2D eigenvalue weighted by Gasteiger charge is -2.25. The second-order valence-corrected chi connectivity index (χ2v) is 8.37. The van der Waals surface area contributed by atoms with Gasteiger partial charge in [-0.05, 0) is 66.4 Å². The van der Waals surface area contributed by atoms with Crippen LogP contribution in [0.1, 0.15) is 48.2 Å². The number of carbonyl (C=O) groups is 2. The van der Waals surface area contributed by atoms with Gasteiger partial charge in [-0.25, -0.2) is 0 Å². The fourth-order valence-corrected chi connectivity index (χ4v) is 4.18. The van der Waals surface area contributed by atoms with Crippen LogP contribution in [0.3, 0.4) is 0 Å². The molecule has 1 N–H and O–H groups in total. The molecule has 3 aromatic rings. The minimum Gasteiger partial charge on any atom is -0.507 e. The van der Waals surface area contributed by atoms with Gasteiger partial charge in [0, 0.05) is 17.4 Å². The number of ether oxygens (including phenoxy) is 1. The lowest BCUT2D eigenvalue weighted by atomic mass is 9.94. The van der Waals surface area contributed by atoms with Crippen LogP contribution in [0.15, 0.2) is 72.4 Å². The summed E-state index contributed by atoms with van der Waals surface area (Å²) >= 11 is 0. The van der Waals surface area contributed by atoms with Crippen molar-refractivity contribution in [1.29, 1.82) is 0 Å². The summed E-state index contributed by atoms with van der Waals surface area (Å²) in [4.78, 5) is 32.3. The molecule has 168 valence electrons. The highest BCUT2D eigenvalue weighted by molar-refractivity contribution is 6.51. The van der Waals surface area contributed by atoms with Crippen molar-refractivity contribution in [3.05, 3.63) is 94.8 Å². The molecular weight excluding hydrogens is 416 g/mol. The third-order valence-electron chi connectivity index (χ3n) is 5.82. The molecule has 6 nitrogen and oxygen atoms in total. The Labute approximate surface area is 193 Å². The molecule has 2 aromatic carbocycles. The molecule has 0 radical (unpaired) electrons. The van der Waals surface area contributed by atoms with E-state index in [1.807, 2.05) is 39.0 Å². The zero-order chi connectivity index (χ0) is 23.7. The van der Waals surface area contributed by atoms with E-state index in [1.54, 1.807) is 55.8 Å². The first kappa shape index (κ1) is 22.3. The number of nitrogens with zero attached hydrogens (tertiary/aromatic N) is 2. The second-order valence-electron chi connectivity index (χ2n) is 8.37. The van der Waals surface area contributed by atoms with Crippen molar-refractivity contribution in [2.45, 2.75) is 32.7 Å². The van der Waals surface area contributed by atoms with Gasteiger partial charge >= 0.3 is 0 Å². The fraction of sp³-hybridized carbons (Fsp3) is 0.222. The quantitative estimate of drug-likeness (QED) is 0.336. The van der Waals surface area contributed by atoms with Crippen molar-refractivity contribution in [3.63, 3.8) is 0 Å². The van der Waals surface area contributed by atoms with Gasteiger partial charge in [0.1, 0.15) is 17.6 Å². The minimum absolute atomic E-state index is 0.0140. The number of amides is 1. The Bertz CT molecular complexity index is 1250. The van der Waals surface area contributed by atoms with Crippen LogP contribution in [0.4, 0.5) is 5.69 Å². The molecule has 1 unspecified atom stereocenters. The lowest BCUT2D eigenvalue weighted by molar-refractivity contribution is -0.132. The first-order valence-corrected chi connectivity index (χ1v) is 10.8. The summed E-state index contributed by atoms with van der Waals surface area (Å²) in [7, 11) is 1.59. The number of hydrogen-bond donors (Lipinski definition) is 1. The van der Waals surface area contributed by atoms with Crippen LogP contribution in [0.25, 0.3) is 5.76 Å². The van der Waals surface area contributed by atoms with E-state index in [4.69, 9.17) is 4.74 Å². The number of methoxy groups -OCH3 is 1. The number of aryl methyl sites for hydroxylation is 1. The highest BCUT2D eigenvalue weighted by Gasteiger charge is 2.47. The Kier molecular flexibility index (Phi) is 6.01. The zero-order valence-corrected chi connectivity index (χ0v) is 19.1. The summed E-state index contributed by atoms with van der Waals surface area (Å²) in [5, 5.41) is 11.3. The summed E-state index contributed by atoms with van der Waals surface area (Å²) in [6.45, 7) is 5.96. The molecule has 0 spiro atoms. The molecule has 1 atom stereocenters. The number of Topliss-reactive ketones (excluding diaryl/α,β-unsaturated/α-hetero) is 1. The van der Waals surface area contributed by atoms with Gasteiger partial charge in [0.25, 0.3) is 11.7 Å². The van der Waals surface area contributed by atoms with Gasteiger partial charge in [-0.1, -0.05) is 32.0 Å². The topological polar surface area (TPSA) is 79.7 Å². The Hall–Kier alpha value is -3.93. The van der Waals surface area contributed by atoms with Crippen molar-refractivity contribution in [2.24, 2.45) is 0 Å². The third-order valence-corrected chi connectivity index (χ3v) is 5.82. The van der Waals surface area contributed by atoms with Crippen LogP contribution in [0.5, 0.6) is 5.75 Å². The number of pyridine rings is 1. The fourth-order valence-electron chi connectivity index (χ4n) is 4.18. The molecule has 1 aliphatic heterocycles. The van der Waals surface area contributed by atoms with Gasteiger partial charge in [0.15, 0.2) is 0 Å². The van der Waals surface area contributed by atoms with E-state index in [0.29, 0.717) is 22.7 Å². The molecule has 1 saturated heterocycles. The molecular formula is C27H26N2O4. The van der Waals surface area contributed by atoms with Gasteiger partial charge in [0.2, 0.25) is 0 Å². The maximum absolute atomic E-state index is 13.3. The minimum atomic E-state index is -0.849. The first-order valence-electron chi connectivity index (χ1n) is 10.8. The van der Waals surface area contributed by atoms with E-state index in [9.17, 15) is 14.7 Å². The number of anilines is 1. The van der Waals surface area contributed by atoms with E-state index in [0.717, 1.165) is 11.1 Å². The molecule has 0 saturated carbocycles. The molecule has 0 bridgehead atoms. The molecule has 2 heterocycles. The molecule has 1 aliphatic rings. The maximum Gasteiger partial charge on any atom is 0.300 e. The van der Waals surface area contributed by atoms with Gasteiger partial charge < -0.3 is 9.84 Å². The number of ketones is 1. The predicted molar refractivity (Wildman–Crippen MR) is 127 cm³/mol. The van der Waals surface area contributed by atoms with E-state index < -0.39 is 17.7 Å². The summed E-state index contributed by atoms with van der Waals surface area (Å²) in [6, 6.07) is 17.1. The first-order chi connectivity index (χ1) is 15.8. The Morgan fingerprint density at radius 1 is 1.06 bits per heavy atom. The van der Waals surface area contributed by atoms with Crippen molar-refractivity contribution >= 4 is 23.1 Å². The number of benzene rings is 2. The number of carbonyl (C=O) groups excluding carboxylic acids is 2. The summed E-state index contributed by atoms with van der Waals surface area (Å²) in [5.74, 6) is -0.845. The molecule has 1 amide bonds. The van der Waals surface area contributed by atoms with Crippen molar-refractivity contribution in [2.75, 3.05) is 12.0 Å². The average molecular weight is 443 g/mol. The molecule has 4 rings (SSSR count). The average Bonchev–Trinajstić information content (AvgIpc) is 3.09. The Morgan fingerprint density at radius 2 is 1.85 bits per heavy atom. The van der Waals surface area contributed by atoms with Crippen LogP contribution >= 0.6 is 0 Å². The van der Waals surface area contributed by atoms with Gasteiger partial charge in [-0.15, -0.1) is 0 Å². The Morgan fingerprint density at radius 3 is 2.48 bits per heavy atom. The predicted octanol–water partition coefficient (Wildman–Crippen LogP) is 5.15. The summed E-state index contributed by atoms with van der Waals surface area (Å²) in [5.41, 5.74) is 3.37. The molecule has 1 fully saturated rings. The van der Waals surface area contributed by atoms with Crippen molar-refractivity contribution in [1.82, 2.24) is 4.98 Å². The zero-order valence-electron chi connectivity index (χ0n) is 19.1. The summed E-state index contributed by atoms with van der Waals surface area (Å²) < 4.78 is 5.44. The van der Waals surface area contributed by atoms with Crippen LogP contribution in [-0.2, 0) is 9.59 Å². The van der Waals surface area contributed by atoms with Crippen molar-refractivity contribution < 1.29 is 19.4 Å². The smallest absolute Gasteiger partial charge is 0.300 e. The number of rotatable bonds is 5. The van der Waals surface area contributed by atoms with E-state index in [-0.39, 0.29) is 17.3 Å². The second kappa shape index (κ2) is 8.90. The monoisotopic (exact) mass is 442 g/mol. The third kappa shape index (κ3) is 4.00. The van der Waals surface area contributed by atoms with Gasteiger partial charge in [0.05, 0.1) is 18.4 Å². The normalized spacial score (nSPS) is 17.6. The number of aliphatic hydroxyl groups is 1. The standard InChI is InChI=1S/C27H26N2O4/c1-16(2)20-15-18(11-12-22(20)33-4)25(30)23-24(21-10-5-6-13-28-21)29(27(32)26(23)31)19-9-7-8-17(3)14-19/h5-16,24,30H,1-4H3/b25-23-. The van der Waals surface area contributed by atoms with Crippen LogP contribution < -0.4 is 9.64 Å².